The van der Waals surface area contributed by atoms with E-state index in [1.54, 1.807) is 0 Å². The fourth-order valence-electron chi connectivity index (χ4n) is 0.487. The first kappa shape index (κ1) is 11.4. The van der Waals surface area contributed by atoms with E-state index in [1.807, 2.05) is 5.43 Å². The van der Waals surface area contributed by atoms with Gasteiger partial charge in [-0.3, -0.25) is 0 Å². The molecule has 0 radical (unpaired) electrons. The fourth-order valence-corrected chi connectivity index (χ4v) is 0.487. The average Bonchev–Trinajstić information content (AvgIpc) is 2.11. The Balaban J connectivity index is 4.23. The number of nitrogens with two attached hydrogens (primary N) is 1. The van der Waals surface area contributed by atoms with Crippen molar-refractivity contribution >= 4 is 17.7 Å². The Morgan fingerprint density at radius 3 is 2.54 bits per heavy atom. The molecule has 0 saturated carbocycles. The Bertz CT molecular complexity index is 238. The third kappa shape index (κ3) is 4.06. The molecule has 1 atom stereocenters. The summed E-state index contributed by atoms with van der Waals surface area (Å²) in [5, 5.41) is 12.4. The highest BCUT2D eigenvalue weighted by molar-refractivity contribution is 6.03. The molecule has 74 valence electrons. The Morgan fingerprint density at radius 1 is 1.62 bits per heavy atom. The highest BCUT2D eigenvalue weighted by Crippen LogP contribution is 1.90. The summed E-state index contributed by atoms with van der Waals surface area (Å²) in [6, 6.07) is -0.878. The predicted octanol–water partition coefficient (Wildman–Crippen LogP) is -1.44. The summed E-state index contributed by atoms with van der Waals surface area (Å²) in [6.07, 6.45) is -1.49. The number of nitrogens with zero attached hydrogens (tertiary/aromatic N) is 1. The van der Waals surface area contributed by atoms with Crippen LogP contribution in [0.15, 0.2) is 5.10 Å². The van der Waals surface area contributed by atoms with Gasteiger partial charge in [0, 0.05) is 0 Å². The molecule has 0 aliphatic carbocycles. The van der Waals surface area contributed by atoms with Gasteiger partial charge < -0.3 is 15.6 Å². The second kappa shape index (κ2) is 5.09. The molecule has 0 spiro atoms. The van der Waals surface area contributed by atoms with Gasteiger partial charge in [0.1, 0.15) is 0 Å². The van der Waals surface area contributed by atoms with Crippen LogP contribution in [0.5, 0.6) is 0 Å². The van der Waals surface area contributed by atoms with Gasteiger partial charge in [0.25, 0.3) is 0 Å². The van der Waals surface area contributed by atoms with Crippen molar-refractivity contribution in [1.82, 2.24) is 5.43 Å². The summed E-state index contributed by atoms with van der Waals surface area (Å²) in [4.78, 5) is 20.9. The van der Waals surface area contributed by atoms with E-state index in [0.29, 0.717) is 0 Å². The number of methoxy groups -OCH3 is 1. The topological polar surface area (TPSA) is 114 Å². The summed E-state index contributed by atoms with van der Waals surface area (Å²) in [6.45, 7) is 1.34. The molecule has 0 aliphatic heterocycles. The monoisotopic (exact) mass is 189 g/mol. The molecule has 0 fully saturated rings. The van der Waals surface area contributed by atoms with Gasteiger partial charge in [-0.2, -0.15) is 5.10 Å². The summed E-state index contributed by atoms with van der Waals surface area (Å²) in [7, 11) is 1.13. The lowest BCUT2D eigenvalue weighted by Gasteiger charge is -2.06. The molecule has 2 amide bonds. The minimum atomic E-state index is -1.49. The standard InChI is InChI=1S/C6H11N3O4/c1-3(8-9-6(7)12)4(10)5(11)13-2/h4,10H,1-2H3,(H3,7,9,12)/b8-3+. The van der Waals surface area contributed by atoms with Crippen molar-refractivity contribution in [2.75, 3.05) is 7.11 Å². The molecule has 1 unspecified atom stereocenters. The largest absolute Gasteiger partial charge is 0.467 e. The van der Waals surface area contributed by atoms with Crippen LogP contribution in [0.4, 0.5) is 4.79 Å². The van der Waals surface area contributed by atoms with Gasteiger partial charge in [-0.05, 0) is 6.92 Å². The third-order valence-electron chi connectivity index (χ3n) is 1.16. The smallest absolute Gasteiger partial charge is 0.340 e. The van der Waals surface area contributed by atoms with E-state index in [9.17, 15) is 9.59 Å². The molecule has 0 aromatic carbocycles. The van der Waals surface area contributed by atoms with E-state index >= 15 is 0 Å². The zero-order valence-electron chi connectivity index (χ0n) is 7.27. The number of hydrogen-bond acceptors (Lipinski definition) is 5. The lowest BCUT2D eigenvalue weighted by atomic mass is 10.2. The molecule has 0 aliphatic rings. The first-order valence-electron chi connectivity index (χ1n) is 3.34. The number of carbonyl (C=O) groups is 2. The maximum Gasteiger partial charge on any atom is 0.340 e. The maximum atomic E-state index is 10.7. The summed E-state index contributed by atoms with van der Waals surface area (Å²) >= 11 is 0. The van der Waals surface area contributed by atoms with Crippen LogP contribution >= 0.6 is 0 Å². The van der Waals surface area contributed by atoms with Gasteiger partial charge in [0.05, 0.1) is 12.8 Å². The molecule has 0 aromatic heterocycles. The zero-order chi connectivity index (χ0) is 10.4. The van der Waals surface area contributed by atoms with Crippen LogP contribution in [-0.2, 0) is 9.53 Å². The van der Waals surface area contributed by atoms with Crippen LogP contribution in [0.1, 0.15) is 6.92 Å². The van der Waals surface area contributed by atoms with Crippen molar-refractivity contribution in [3.63, 3.8) is 0 Å². The van der Waals surface area contributed by atoms with Crippen molar-refractivity contribution in [1.29, 1.82) is 0 Å². The van der Waals surface area contributed by atoms with Crippen LogP contribution in [0.3, 0.4) is 0 Å². The molecular formula is C6H11N3O4. The maximum absolute atomic E-state index is 10.7. The molecule has 13 heavy (non-hydrogen) atoms. The fraction of sp³-hybridized carbons (Fsp3) is 0.500. The minimum Gasteiger partial charge on any atom is -0.467 e. The Morgan fingerprint density at radius 2 is 2.15 bits per heavy atom. The number of hydrazone groups is 1. The van der Waals surface area contributed by atoms with E-state index in [-0.39, 0.29) is 5.71 Å². The summed E-state index contributed by atoms with van der Waals surface area (Å²) in [5.74, 6) is -0.854. The van der Waals surface area contributed by atoms with E-state index in [1.165, 1.54) is 6.92 Å². The van der Waals surface area contributed by atoms with E-state index in [0.717, 1.165) is 7.11 Å². The predicted molar refractivity (Wildman–Crippen MR) is 43.9 cm³/mol. The number of primary amides is 1. The molecule has 0 aromatic rings. The average molecular weight is 189 g/mol. The van der Waals surface area contributed by atoms with Gasteiger partial charge >= 0.3 is 12.0 Å². The number of esters is 1. The van der Waals surface area contributed by atoms with Crippen LogP contribution < -0.4 is 11.2 Å². The molecule has 0 bridgehead atoms. The minimum absolute atomic E-state index is 0.00866. The number of urea groups is 1. The highest BCUT2D eigenvalue weighted by atomic mass is 16.5. The summed E-state index contributed by atoms with van der Waals surface area (Å²) in [5.41, 5.74) is 6.55. The molecule has 0 saturated heterocycles. The number of aliphatic hydroxyl groups is 1. The Hall–Kier alpha value is -1.63. The Labute approximate surface area is 74.5 Å². The lowest BCUT2D eigenvalue weighted by molar-refractivity contribution is -0.146. The molecule has 7 heteroatoms. The third-order valence-corrected chi connectivity index (χ3v) is 1.16. The Kier molecular flexibility index (Phi) is 4.45. The molecule has 0 rings (SSSR count). The lowest BCUT2D eigenvalue weighted by Crippen LogP contribution is -2.33. The van der Waals surface area contributed by atoms with E-state index in [4.69, 9.17) is 10.8 Å². The second-order valence-corrected chi connectivity index (χ2v) is 2.15. The van der Waals surface area contributed by atoms with E-state index < -0.39 is 18.1 Å². The SMILES string of the molecule is COC(=O)C(O)/C(C)=N/NC(N)=O. The van der Waals surface area contributed by atoms with Crippen LogP contribution in [0.2, 0.25) is 0 Å². The quantitative estimate of drug-likeness (QED) is 0.286. The van der Waals surface area contributed by atoms with Crippen molar-refractivity contribution in [3.8, 4) is 0 Å². The van der Waals surface area contributed by atoms with Gasteiger partial charge in [0.2, 0.25) is 0 Å². The molecule has 7 nitrogen and oxygen atoms in total. The molecule has 0 heterocycles. The normalized spacial score (nSPS) is 13.3. The van der Waals surface area contributed by atoms with Gasteiger partial charge in [0.15, 0.2) is 6.10 Å². The number of aliphatic hydroxyl groups excluding tert-OH is 1. The van der Waals surface area contributed by atoms with Gasteiger partial charge in [-0.1, -0.05) is 0 Å². The molecule has 4 N–H and O–H groups in total. The van der Waals surface area contributed by atoms with Crippen LogP contribution in [0.25, 0.3) is 0 Å². The number of hydrogen-bond donors (Lipinski definition) is 3. The molecular weight excluding hydrogens is 178 g/mol. The first-order chi connectivity index (χ1) is 5.99. The second-order valence-electron chi connectivity index (χ2n) is 2.15. The van der Waals surface area contributed by atoms with E-state index in [2.05, 4.69) is 9.84 Å². The van der Waals surface area contributed by atoms with Crippen molar-refractivity contribution in [2.45, 2.75) is 13.0 Å². The van der Waals surface area contributed by atoms with Gasteiger partial charge in [-0.15, -0.1) is 0 Å². The number of ether oxygens (including phenoxy) is 1. The number of carbonyl (C=O) groups excluding carboxylic acids is 2. The summed E-state index contributed by atoms with van der Waals surface area (Å²) < 4.78 is 4.23. The van der Waals surface area contributed by atoms with Crippen molar-refractivity contribution in [3.05, 3.63) is 0 Å². The van der Waals surface area contributed by atoms with Crippen molar-refractivity contribution in [2.24, 2.45) is 10.8 Å². The van der Waals surface area contributed by atoms with Crippen LogP contribution in [-0.4, -0.2) is 36.0 Å². The van der Waals surface area contributed by atoms with Gasteiger partial charge in [-0.25, -0.2) is 15.0 Å². The highest BCUT2D eigenvalue weighted by Gasteiger charge is 2.18. The number of nitrogens with one attached hydrogen (secondary N) is 1. The zero-order valence-corrected chi connectivity index (χ0v) is 7.27. The number of amides is 2. The van der Waals surface area contributed by atoms with Crippen molar-refractivity contribution < 1.29 is 19.4 Å². The van der Waals surface area contributed by atoms with Crippen LogP contribution in [0, 0.1) is 0 Å². The first-order valence-corrected chi connectivity index (χ1v) is 3.34. The number of rotatable bonds is 3.